The van der Waals surface area contributed by atoms with E-state index in [0.29, 0.717) is 0 Å². The van der Waals surface area contributed by atoms with Crippen molar-refractivity contribution in [1.82, 2.24) is 0 Å². The highest BCUT2D eigenvalue weighted by molar-refractivity contribution is 5.74. The maximum atomic E-state index is 11.5. The van der Waals surface area contributed by atoms with Crippen molar-refractivity contribution in [2.45, 2.75) is 20.3 Å². The van der Waals surface area contributed by atoms with E-state index in [2.05, 4.69) is 36.9 Å². The van der Waals surface area contributed by atoms with Crippen LogP contribution in [0.5, 0.6) is 0 Å². The Bertz CT molecular complexity index is 408. The van der Waals surface area contributed by atoms with E-state index in [-0.39, 0.29) is 11.9 Å². The van der Waals surface area contributed by atoms with Crippen molar-refractivity contribution in [1.29, 1.82) is 0 Å². The number of anilines is 1. The first-order valence-electron chi connectivity index (χ1n) is 6.01. The summed E-state index contributed by atoms with van der Waals surface area (Å²) in [6.07, 6.45) is 0.889. The minimum atomic E-state index is -0.0862. The molecule has 2 rings (SSSR count). The number of hydrogen-bond donors (Lipinski definition) is 0. The summed E-state index contributed by atoms with van der Waals surface area (Å²) >= 11 is 0. The zero-order valence-corrected chi connectivity index (χ0v) is 10.7. The highest BCUT2D eigenvalue weighted by Crippen LogP contribution is 2.26. The van der Waals surface area contributed by atoms with Crippen LogP contribution in [0.4, 0.5) is 5.69 Å². The lowest BCUT2D eigenvalue weighted by atomic mass is 10.1. The molecule has 0 bridgehead atoms. The van der Waals surface area contributed by atoms with Crippen molar-refractivity contribution in [3.63, 3.8) is 0 Å². The molecule has 1 fully saturated rings. The van der Waals surface area contributed by atoms with Gasteiger partial charge >= 0.3 is 5.97 Å². The van der Waals surface area contributed by atoms with Gasteiger partial charge in [-0.2, -0.15) is 0 Å². The lowest BCUT2D eigenvalue weighted by molar-refractivity contribution is -0.144. The van der Waals surface area contributed by atoms with Crippen molar-refractivity contribution in [3.8, 4) is 0 Å². The molecule has 1 atom stereocenters. The summed E-state index contributed by atoms with van der Waals surface area (Å²) in [4.78, 5) is 13.7. The number of carbonyl (C=O) groups is 1. The number of rotatable bonds is 2. The van der Waals surface area contributed by atoms with Crippen molar-refractivity contribution in [2.24, 2.45) is 5.92 Å². The van der Waals surface area contributed by atoms with E-state index >= 15 is 0 Å². The standard InChI is InChI=1S/C14H19NO2/c1-10-6-11(2)8-13(7-10)15-5-4-12(9-15)14(16)17-3/h6-8,12H,4-5,9H2,1-3H3. The summed E-state index contributed by atoms with van der Waals surface area (Å²) < 4.78 is 4.80. The van der Waals surface area contributed by atoms with E-state index in [4.69, 9.17) is 4.74 Å². The van der Waals surface area contributed by atoms with Crippen LogP contribution in [0.15, 0.2) is 18.2 Å². The Morgan fingerprint density at radius 1 is 1.29 bits per heavy atom. The van der Waals surface area contributed by atoms with Crippen molar-refractivity contribution in [2.75, 3.05) is 25.1 Å². The van der Waals surface area contributed by atoms with Crippen molar-refractivity contribution < 1.29 is 9.53 Å². The lowest BCUT2D eigenvalue weighted by Crippen LogP contribution is -2.23. The first-order chi connectivity index (χ1) is 8.10. The van der Waals surface area contributed by atoms with Crippen molar-refractivity contribution >= 4 is 11.7 Å². The molecule has 0 spiro atoms. The summed E-state index contributed by atoms with van der Waals surface area (Å²) in [5, 5.41) is 0. The van der Waals surface area contributed by atoms with Crippen LogP contribution in [-0.4, -0.2) is 26.2 Å². The van der Waals surface area contributed by atoms with E-state index in [0.717, 1.165) is 19.5 Å². The fourth-order valence-electron chi connectivity index (χ4n) is 2.49. The van der Waals surface area contributed by atoms with E-state index in [1.165, 1.54) is 23.9 Å². The van der Waals surface area contributed by atoms with E-state index < -0.39 is 0 Å². The predicted molar refractivity (Wildman–Crippen MR) is 68.3 cm³/mol. The largest absolute Gasteiger partial charge is 0.469 e. The van der Waals surface area contributed by atoms with Crippen LogP contribution in [0, 0.1) is 19.8 Å². The summed E-state index contributed by atoms with van der Waals surface area (Å²) in [5.41, 5.74) is 3.75. The zero-order chi connectivity index (χ0) is 12.4. The van der Waals surface area contributed by atoms with Gasteiger partial charge in [-0.05, 0) is 43.5 Å². The Morgan fingerprint density at radius 3 is 2.53 bits per heavy atom. The molecule has 0 aliphatic carbocycles. The first-order valence-corrected chi connectivity index (χ1v) is 6.01. The van der Waals surface area contributed by atoms with Gasteiger partial charge in [0.1, 0.15) is 0 Å². The molecular weight excluding hydrogens is 214 g/mol. The third kappa shape index (κ3) is 2.60. The molecule has 0 saturated carbocycles. The van der Waals surface area contributed by atoms with E-state index in [1.807, 2.05) is 0 Å². The van der Waals surface area contributed by atoms with Gasteiger partial charge in [0, 0.05) is 18.8 Å². The molecule has 3 heteroatoms. The number of hydrogen-bond acceptors (Lipinski definition) is 3. The second-order valence-electron chi connectivity index (χ2n) is 4.80. The molecule has 1 aliphatic rings. The molecule has 0 aromatic heterocycles. The number of esters is 1. The third-order valence-corrected chi connectivity index (χ3v) is 3.29. The van der Waals surface area contributed by atoms with Crippen LogP contribution < -0.4 is 4.90 Å². The highest BCUT2D eigenvalue weighted by Gasteiger charge is 2.29. The number of ether oxygens (including phenoxy) is 1. The Morgan fingerprint density at radius 2 is 1.94 bits per heavy atom. The Kier molecular flexibility index (Phi) is 3.36. The minimum Gasteiger partial charge on any atom is -0.469 e. The van der Waals surface area contributed by atoms with Gasteiger partial charge in [0.25, 0.3) is 0 Å². The zero-order valence-electron chi connectivity index (χ0n) is 10.7. The Labute approximate surface area is 102 Å². The normalized spacial score (nSPS) is 19.5. The SMILES string of the molecule is COC(=O)C1CCN(c2cc(C)cc(C)c2)C1. The van der Waals surface area contributed by atoms with Gasteiger partial charge < -0.3 is 9.64 Å². The molecule has 1 aliphatic heterocycles. The summed E-state index contributed by atoms with van der Waals surface area (Å²) in [6.45, 7) is 5.91. The molecule has 17 heavy (non-hydrogen) atoms. The lowest BCUT2D eigenvalue weighted by Gasteiger charge is -2.19. The second kappa shape index (κ2) is 4.78. The molecular formula is C14H19NO2. The van der Waals surface area contributed by atoms with Gasteiger partial charge in [-0.15, -0.1) is 0 Å². The summed E-state index contributed by atoms with van der Waals surface area (Å²) in [7, 11) is 1.46. The van der Waals surface area contributed by atoms with Crippen molar-refractivity contribution in [3.05, 3.63) is 29.3 Å². The monoisotopic (exact) mass is 233 g/mol. The summed E-state index contributed by atoms with van der Waals surface area (Å²) in [5.74, 6) is -0.0577. The van der Waals surface area contributed by atoms with E-state index in [1.54, 1.807) is 0 Å². The molecule has 1 saturated heterocycles. The molecule has 0 amide bonds. The quantitative estimate of drug-likeness (QED) is 0.734. The average molecular weight is 233 g/mol. The number of methoxy groups -OCH3 is 1. The van der Waals surface area contributed by atoms with Gasteiger partial charge in [-0.3, -0.25) is 4.79 Å². The summed E-state index contributed by atoms with van der Waals surface area (Å²) in [6, 6.07) is 6.51. The van der Waals surface area contributed by atoms with Crippen LogP contribution in [0.25, 0.3) is 0 Å². The molecule has 0 radical (unpaired) electrons. The smallest absolute Gasteiger partial charge is 0.310 e. The Balaban J connectivity index is 2.12. The second-order valence-corrected chi connectivity index (χ2v) is 4.80. The maximum absolute atomic E-state index is 11.5. The minimum absolute atomic E-state index is 0.0285. The maximum Gasteiger partial charge on any atom is 0.310 e. The van der Waals surface area contributed by atoms with Crippen LogP contribution in [0.1, 0.15) is 17.5 Å². The number of benzene rings is 1. The predicted octanol–water partition coefficient (Wildman–Crippen LogP) is 2.30. The highest BCUT2D eigenvalue weighted by atomic mass is 16.5. The average Bonchev–Trinajstić information content (AvgIpc) is 2.76. The van der Waals surface area contributed by atoms with Crippen LogP contribution in [0.3, 0.4) is 0 Å². The van der Waals surface area contributed by atoms with Gasteiger partial charge in [0.2, 0.25) is 0 Å². The topological polar surface area (TPSA) is 29.5 Å². The number of aryl methyl sites for hydroxylation is 2. The van der Waals surface area contributed by atoms with E-state index in [9.17, 15) is 4.79 Å². The molecule has 1 aromatic carbocycles. The van der Waals surface area contributed by atoms with Crippen LogP contribution in [-0.2, 0) is 9.53 Å². The fraction of sp³-hybridized carbons (Fsp3) is 0.500. The molecule has 92 valence electrons. The van der Waals surface area contributed by atoms with Gasteiger partial charge in [0.05, 0.1) is 13.0 Å². The fourth-order valence-corrected chi connectivity index (χ4v) is 2.49. The first kappa shape index (κ1) is 12.0. The van der Waals surface area contributed by atoms with Crippen LogP contribution >= 0.6 is 0 Å². The molecule has 1 heterocycles. The molecule has 0 N–H and O–H groups in total. The van der Waals surface area contributed by atoms with Crippen LogP contribution in [0.2, 0.25) is 0 Å². The molecule has 3 nitrogen and oxygen atoms in total. The third-order valence-electron chi connectivity index (χ3n) is 3.29. The molecule has 1 unspecified atom stereocenters. The van der Waals surface area contributed by atoms with Gasteiger partial charge in [-0.1, -0.05) is 6.07 Å². The van der Waals surface area contributed by atoms with Gasteiger partial charge in [-0.25, -0.2) is 0 Å². The number of nitrogens with zero attached hydrogens (tertiary/aromatic N) is 1. The number of carbonyl (C=O) groups excluding carboxylic acids is 1. The van der Waals surface area contributed by atoms with Gasteiger partial charge in [0.15, 0.2) is 0 Å². The Hall–Kier alpha value is -1.51. The molecule has 1 aromatic rings.